The lowest BCUT2D eigenvalue weighted by molar-refractivity contribution is 0.669. The van der Waals surface area contributed by atoms with E-state index in [9.17, 15) is 0 Å². The van der Waals surface area contributed by atoms with Gasteiger partial charge < -0.3 is 9.32 Å². The van der Waals surface area contributed by atoms with E-state index in [-0.39, 0.29) is 0 Å². The molecule has 0 spiro atoms. The van der Waals surface area contributed by atoms with Gasteiger partial charge in [0.1, 0.15) is 5.58 Å². The lowest BCUT2D eigenvalue weighted by Gasteiger charge is -2.27. The quantitative estimate of drug-likeness (QED) is 0.161. The van der Waals surface area contributed by atoms with Crippen LogP contribution in [0.4, 0.5) is 17.1 Å². The van der Waals surface area contributed by atoms with Crippen molar-refractivity contribution in [3.63, 3.8) is 0 Å². The van der Waals surface area contributed by atoms with Gasteiger partial charge in [0, 0.05) is 38.4 Å². The Kier molecular flexibility index (Phi) is 7.46. The highest BCUT2D eigenvalue weighted by atomic mass is 16.3. The second-order valence-corrected chi connectivity index (χ2v) is 14.1. The van der Waals surface area contributed by atoms with E-state index in [1.165, 1.54) is 0 Å². The first-order chi connectivity index (χ1) is 27.8. The predicted molar refractivity (Wildman–Crippen MR) is 233 cm³/mol. The number of furan rings is 1. The first kappa shape index (κ1) is 31.9. The van der Waals surface area contributed by atoms with E-state index in [0.717, 1.165) is 105 Å². The third-order valence-corrected chi connectivity index (χ3v) is 10.8. The summed E-state index contributed by atoms with van der Waals surface area (Å²) in [6.45, 7) is 0. The fraction of sp³-hybridized carbons (Fsp3) is 0. The van der Waals surface area contributed by atoms with Crippen LogP contribution in [0.25, 0.3) is 88.2 Å². The maximum absolute atomic E-state index is 6.60. The molecule has 0 aliphatic heterocycles. The molecule has 0 N–H and O–H groups in total. The van der Waals surface area contributed by atoms with Gasteiger partial charge in [-0.25, -0.2) is 9.97 Å². The van der Waals surface area contributed by atoms with Crippen LogP contribution in [0.5, 0.6) is 0 Å². The SMILES string of the molecule is c1ccc(-c2nc3ccc4ccc(-c5ccc(N(c6ccccc6)c6cccc7c6oc6ccccc67)c6ccccc56)cc4c3nc2-c2ccccc2)cc1. The van der Waals surface area contributed by atoms with Crippen molar-refractivity contribution in [2.24, 2.45) is 0 Å². The van der Waals surface area contributed by atoms with Crippen molar-refractivity contribution in [1.82, 2.24) is 9.97 Å². The van der Waals surface area contributed by atoms with Crippen LogP contribution in [0, 0.1) is 0 Å². The average Bonchev–Trinajstić information content (AvgIpc) is 3.66. The highest BCUT2D eigenvalue weighted by molar-refractivity contribution is 6.14. The second kappa shape index (κ2) is 13.1. The molecule has 0 fully saturated rings. The van der Waals surface area contributed by atoms with Crippen molar-refractivity contribution < 1.29 is 4.42 Å². The van der Waals surface area contributed by atoms with Crippen LogP contribution in [-0.2, 0) is 0 Å². The molecule has 0 saturated heterocycles. The highest BCUT2D eigenvalue weighted by Gasteiger charge is 2.22. The molecule has 0 atom stereocenters. The largest absolute Gasteiger partial charge is 0.454 e. The van der Waals surface area contributed by atoms with Crippen molar-refractivity contribution in [2.45, 2.75) is 0 Å². The Labute approximate surface area is 323 Å². The molecule has 9 aromatic carbocycles. The molecule has 11 aromatic rings. The Hall–Kier alpha value is -7.56. The summed E-state index contributed by atoms with van der Waals surface area (Å²) in [5.74, 6) is 0. The fourth-order valence-corrected chi connectivity index (χ4v) is 8.22. The topological polar surface area (TPSA) is 42.2 Å². The third kappa shape index (κ3) is 5.23. The Morgan fingerprint density at radius 2 is 1.02 bits per heavy atom. The number of rotatable bonds is 6. The number of anilines is 3. The standard InChI is InChI=1S/C52H33N3O/c1-4-15-35(16-5-1)49-50(36-17-6-2-7-18-36)54-51-44-33-37(28-27-34(44)29-31-45(51)53-49)39-30-32-46(41-22-11-10-21-40(39)41)55(38-19-8-3-9-20-38)47-25-14-24-43-42-23-12-13-26-48(42)56-52(43)47/h1-33H. The highest BCUT2D eigenvalue weighted by Crippen LogP contribution is 2.46. The van der Waals surface area contributed by atoms with E-state index in [4.69, 9.17) is 14.4 Å². The number of hydrogen-bond acceptors (Lipinski definition) is 4. The van der Waals surface area contributed by atoms with Crippen molar-refractivity contribution in [3.05, 3.63) is 200 Å². The van der Waals surface area contributed by atoms with Gasteiger partial charge in [0.05, 0.1) is 33.8 Å². The van der Waals surface area contributed by atoms with Crippen LogP contribution in [-0.4, -0.2) is 9.97 Å². The number of benzene rings is 9. The molecule has 0 radical (unpaired) electrons. The van der Waals surface area contributed by atoms with E-state index in [0.29, 0.717) is 0 Å². The number of aromatic nitrogens is 2. The zero-order valence-corrected chi connectivity index (χ0v) is 30.3. The predicted octanol–water partition coefficient (Wildman–Crippen LogP) is 14.3. The molecule has 0 aliphatic rings. The van der Waals surface area contributed by atoms with Crippen molar-refractivity contribution in [3.8, 4) is 33.6 Å². The minimum Gasteiger partial charge on any atom is -0.454 e. The second-order valence-electron chi connectivity index (χ2n) is 14.1. The summed E-state index contributed by atoms with van der Waals surface area (Å²) < 4.78 is 6.60. The van der Waals surface area contributed by atoms with Gasteiger partial charge in [-0.1, -0.05) is 158 Å². The molecule has 0 amide bonds. The van der Waals surface area contributed by atoms with E-state index < -0.39 is 0 Å². The van der Waals surface area contributed by atoms with Crippen molar-refractivity contribution in [1.29, 1.82) is 0 Å². The van der Waals surface area contributed by atoms with Gasteiger partial charge in [0.25, 0.3) is 0 Å². The van der Waals surface area contributed by atoms with Crippen molar-refractivity contribution in [2.75, 3.05) is 4.90 Å². The maximum atomic E-state index is 6.60. The number of nitrogens with zero attached hydrogens (tertiary/aromatic N) is 3. The maximum Gasteiger partial charge on any atom is 0.159 e. The minimum atomic E-state index is 0.860. The van der Waals surface area contributed by atoms with Gasteiger partial charge >= 0.3 is 0 Å². The fourth-order valence-electron chi connectivity index (χ4n) is 8.22. The van der Waals surface area contributed by atoms with Gasteiger partial charge in [0.2, 0.25) is 0 Å². The van der Waals surface area contributed by atoms with Gasteiger partial charge in [-0.15, -0.1) is 0 Å². The lowest BCUT2D eigenvalue weighted by atomic mass is 9.94. The monoisotopic (exact) mass is 715 g/mol. The Morgan fingerprint density at radius 1 is 0.393 bits per heavy atom. The smallest absolute Gasteiger partial charge is 0.159 e. The lowest BCUT2D eigenvalue weighted by Crippen LogP contribution is -2.10. The van der Waals surface area contributed by atoms with Gasteiger partial charge in [-0.05, 0) is 64.4 Å². The molecule has 262 valence electrons. The van der Waals surface area contributed by atoms with E-state index in [1.54, 1.807) is 0 Å². The number of hydrogen-bond donors (Lipinski definition) is 0. The summed E-state index contributed by atoms with van der Waals surface area (Å²) >= 11 is 0. The molecule has 4 nitrogen and oxygen atoms in total. The van der Waals surface area contributed by atoms with Gasteiger partial charge in [-0.3, -0.25) is 0 Å². The average molecular weight is 716 g/mol. The normalized spacial score (nSPS) is 11.6. The molecule has 2 aromatic heterocycles. The minimum absolute atomic E-state index is 0.860. The molecule has 0 bridgehead atoms. The first-order valence-electron chi connectivity index (χ1n) is 18.9. The Balaban J connectivity index is 1.11. The molecule has 0 unspecified atom stereocenters. The summed E-state index contributed by atoms with van der Waals surface area (Å²) in [6, 6.07) is 70.1. The molecular weight excluding hydrogens is 683 g/mol. The van der Waals surface area contributed by atoms with E-state index in [1.807, 2.05) is 24.3 Å². The molecule has 4 heteroatoms. The summed E-state index contributed by atoms with van der Waals surface area (Å²) in [5, 5.41) is 6.69. The molecule has 0 aliphatic carbocycles. The summed E-state index contributed by atoms with van der Waals surface area (Å²) in [5.41, 5.74) is 12.7. The van der Waals surface area contributed by atoms with Gasteiger partial charge in [0.15, 0.2) is 5.58 Å². The molecule has 56 heavy (non-hydrogen) atoms. The van der Waals surface area contributed by atoms with Crippen LogP contribution >= 0.6 is 0 Å². The third-order valence-electron chi connectivity index (χ3n) is 10.8. The number of fused-ring (bicyclic) bond motifs is 7. The zero-order valence-electron chi connectivity index (χ0n) is 30.3. The van der Waals surface area contributed by atoms with Crippen LogP contribution in [0.1, 0.15) is 0 Å². The van der Waals surface area contributed by atoms with Crippen LogP contribution in [0.2, 0.25) is 0 Å². The van der Waals surface area contributed by atoms with Crippen LogP contribution in [0.15, 0.2) is 205 Å². The van der Waals surface area contributed by atoms with Crippen LogP contribution in [0.3, 0.4) is 0 Å². The van der Waals surface area contributed by atoms with E-state index in [2.05, 4.69) is 181 Å². The molecular formula is C52H33N3O. The van der Waals surface area contributed by atoms with Crippen LogP contribution < -0.4 is 4.90 Å². The summed E-state index contributed by atoms with van der Waals surface area (Å²) in [7, 11) is 0. The summed E-state index contributed by atoms with van der Waals surface area (Å²) in [6.07, 6.45) is 0. The number of para-hydroxylation sites is 3. The Bertz CT molecular complexity index is 3250. The summed E-state index contributed by atoms with van der Waals surface area (Å²) in [4.78, 5) is 13.0. The van der Waals surface area contributed by atoms with Crippen molar-refractivity contribution >= 4 is 71.6 Å². The molecule has 0 saturated carbocycles. The molecule has 2 heterocycles. The van der Waals surface area contributed by atoms with E-state index >= 15 is 0 Å². The first-order valence-corrected chi connectivity index (χ1v) is 18.9. The Morgan fingerprint density at radius 3 is 1.79 bits per heavy atom. The zero-order chi connectivity index (χ0) is 37.0. The van der Waals surface area contributed by atoms with Gasteiger partial charge in [-0.2, -0.15) is 0 Å². The molecule has 11 rings (SSSR count).